The first-order chi connectivity index (χ1) is 14.4. The molecule has 9 heteroatoms. The standard InChI is InChI=1S/C21H22FN5O2S/c22-18-10-14(7-8-17(18)19-11-26-21(24)12-25-19)16-5-1-2-6-20(16)30(28,29)27-9-3-4-15(23)13-27/h1-2,5-8,10-12,15H,3-4,9,13,23H2,(H2,24,26). The number of hydrogen-bond donors (Lipinski definition) is 2. The second-order valence-electron chi connectivity index (χ2n) is 7.28. The lowest BCUT2D eigenvalue weighted by molar-refractivity contribution is 0.316. The molecule has 4 N–H and O–H groups in total. The molecule has 1 aliphatic heterocycles. The van der Waals surface area contributed by atoms with Gasteiger partial charge in [-0.3, -0.25) is 4.98 Å². The molecule has 0 radical (unpaired) electrons. The average Bonchev–Trinajstić information content (AvgIpc) is 2.74. The van der Waals surface area contributed by atoms with Gasteiger partial charge in [-0.25, -0.2) is 17.8 Å². The fourth-order valence-electron chi connectivity index (χ4n) is 3.63. The molecule has 1 saturated heterocycles. The Hall–Kier alpha value is -2.88. The van der Waals surface area contributed by atoms with Gasteiger partial charge in [0.1, 0.15) is 11.6 Å². The third kappa shape index (κ3) is 3.91. The van der Waals surface area contributed by atoms with Crippen LogP contribution in [-0.4, -0.2) is 41.8 Å². The molecule has 0 amide bonds. The van der Waals surface area contributed by atoms with Crippen LogP contribution in [0.25, 0.3) is 22.4 Å². The number of rotatable bonds is 4. The molecule has 0 bridgehead atoms. The van der Waals surface area contributed by atoms with Gasteiger partial charge in [0.25, 0.3) is 0 Å². The number of halogens is 1. The molecule has 0 spiro atoms. The van der Waals surface area contributed by atoms with Crippen LogP contribution >= 0.6 is 0 Å². The minimum Gasteiger partial charge on any atom is -0.382 e. The zero-order chi connectivity index (χ0) is 21.3. The number of sulfonamides is 1. The number of hydrogen-bond acceptors (Lipinski definition) is 6. The van der Waals surface area contributed by atoms with E-state index < -0.39 is 15.8 Å². The maximum atomic E-state index is 14.9. The van der Waals surface area contributed by atoms with E-state index in [1.165, 1.54) is 22.8 Å². The third-order valence-electron chi connectivity index (χ3n) is 5.15. The summed E-state index contributed by atoms with van der Waals surface area (Å²) in [6.45, 7) is 0.702. The van der Waals surface area contributed by atoms with Crippen molar-refractivity contribution in [3.63, 3.8) is 0 Å². The SMILES string of the molecule is Nc1cnc(-c2ccc(-c3ccccc3S(=O)(=O)N3CCCC(N)C3)cc2F)cn1. The molecule has 1 atom stereocenters. The van der Waals surface area contributed by atoms with Gasteiger partial charge in [-0.2, -0.15) is 4.31 Å². The molecule has 0 aliphatic carbocycles. The summed E-state index contributed by atoms with van der Waals surface area (Å²) in [5.41, 5.74) is 13.0. The molecule has 1 aromatic heterocycles. The first-order valence-electron chi connectivity index (χ1n) is 9.59. The molecule has 2 aromatic carbocycles. The van der Waals surface area contributed by atoms with E-state index in [9.17, 15) is 12.8 Å². The number of nitrogen functional groups attached to an aromatic ring is 1. The number of anilines is 1. The van der Waals surface area contributed by atoms with Gasteiger partial charge in [0.2, 0.25) is 10.0 Å². The van der Waals surface area contributed by atoms with Crippen molar-refractivity contribution < 1.29 is 12.8 Å². The molecular weight excluding hydrogens is 405 g/mol. The minimum absolute atomic E-state index is 0.138. The number of piperidine rings is 1. The summed E-state index contributed by atoms with van der Waals surface area (Å²) in [4.78, 5) is 8.17. The Balaban J connectivity index is 1.74. The Morgan fingerprint density at radius 3 is 2.57 bits per heavy atom. The highest BCUT2D eigenvalue weighted by molar-refractivity contribution is 7.89. The zero-order valence-electron chi connectivity index (χ0n) is 16.2. The predicted octanol–water partition coefficient (Wildman–Crippen LogP) is 2.64. The van der Waals surface area contributed by atoms with Crippen LogP contribution in [0.3, 0.4) is 0 Å². The van der Waals surface area contributed by atoms with Crippen LogP contribution in [0.5, 0.6) is 0 Å². The van der Waals surface area contributed by atoms with Crippen LogP contribution in [-0.2, 0) is 10.0 Å². The minimum atomic E-state index is -3.76. The van der Waals surface area contributed by atoms with Crippen LogP contribution in [0.2, 0.25) is 0 Å². The van der Waals surface area contributed by atoms with E-state index in [2.05, 4.69) is 9.97 Å². The predicted molar refractivity (Wildman–Crippen MR) is 113 cm³/mol. The first kappa shape index (κ1) is 20.4. The summed E-state index contributed by atoms with van der Waals surface area (Å²) >= 11 is 0. The van der Waals surface area contributed by atoms with Crippen molar-refractivity contribution in [1.29, 1.82) is 0 Å². The Bertz CT molecular complexity index is 1170. The molecule has 0 saturated carbocycles. The quantitative estimate of drug-likeness (QED) is 0.661. The van der Waals surface area contributed by atoms with Crippen molar-refractivity contribution in [3.8, 4) is 22.4 Å². The average molecular weight is 428 g/mol. The van der Waals surface area contributed by atoms with Crippen molar-refractivity contribution in [2.24, 2.45) is 5.73 Å². The molecule has 156 valence electrons. The molecule has 7 nitrogen and oxygen atoms in total. The molecule has 2 heterocycles. The first-order valence-corrected chi connectivity index (χ1v) is 11.0. The zero-order valence-corrected chi connectivity index (χ0v) is 17.0. The van der Waals surface area contributed by atoms with Gasteiger partial charge in [0, 0.05) is 30.3 Å². The normalized spacial score (nSPS) is 17.7. The molecule has 3 aromatic rings. The lowest BCUT2D eigenvalue weighted by atomic mass is 10.0. The van der Waals surface area contributed by atoms with E-state index in [-0.39, 0.29) is 28.9 Å². The van der Waals surface area contributed by atoms with Gasteiger partial charge in [-0.1, -0.05) is 24.3 Å². The highest BCUT2D eigenvalue weighted by atomic mass is 32.2. The van der Waals surface area contributed by atoms with E-state index >= 15 is 0 Å². The highest BCUT2D eigenvalue weighted by Gasteiger charge is 2.30. The lowest BCUT2D eigenvalue weighted by Crippen LogP contribution is -2.45. The van der Waals surface area contributed by atoms with Crippen LogP contribution < -0.4 is 11.5 Å². The summed E-state index contributed by atoms with van der Waals surface area (Å²) in [7, 11) is -3.76. The van der Waals surface area contributed by atoms with E-state index in [0.717, 1.165) is 6.42 Å². The Labute approximate surface area is 174 Å². The van der Waals surface area contributed by atoms with Crippen LogP contribution in [0.4, 0.5) is 10.2 Å². The monoisotopic (exact) mass is 427 g/mol. The second kappa shape index (κ2) is 8.10. The van der Waals surface area contributed by atoms with Crippen LogP contribution in [0, 0.1) is 5.82 Å². The number of benzene rings is 2. The summed E-state index contributed by atoms with van der Waals surface area (Å²) in [5.74, 6) is -0.286. The van der Waals surface area contributed by atoms with Gasteiger partial charge in [-0.05, 0) is 36.6 Å². The van der Waals surface area contributed by atoms with E-state index in [0.29, 0.717) is 29.8 Å². The molecular formula is C21H22FN5O2S. The summed E-state index contributed by atoms with van der Waals surface area (Å²) < 4.78 is 42.8. The fourth-order valence-corrected chi connectivity index (χ4v) is 5.38. The highest BCUT2D eigenvalue weighted by Crippen LogP contribution is 2.33. The third-order valence-corrected chi connectivity index (χ3v) is 7.08. The van der Waals surface area contributed by atoms with Crippen molar-refractivity contribution in [3.05, 3.63) is 60.7 Å². The largest absolute Gasteiger partial charge is 0.382 e. The maximum absolute atomic E-state index is 14.9. The number of aromatic nitrogens is 2. The van der Waals surface area contributed by atoms with Crippen molar-refractivity contribution in [1.82, 2.24) is 14.3 Å². The smallest absolute Gasteiger partial charge is 0.243 e. The maximum Gasteiger partial charge on any atom is 0.243 e. The lowest BCUT2D eigenvalue weighted by Gasteiger charge is -2.30. The van der Waals surface area contributed by atoms with Crippen LogP contribution in [0.15, 0.2) is 59.8 Å². The van der Waals surface area contributed by atoms with Crippen molar-refractivity contribution in [2.45, 2.75) is 23.8 Å². The molecule has 1 unspecified atom stereocenters. The second-order valence-corrected chi connectivity index (χ2v) is 9.19. The fraction of sp³-hybridized carbons (Fsp3) is 0.238. The topological polar surface area (TPSA) is 115 Å². The van der Waals surface area contributed by atoms with Gasteiger partial charge < -0.3 is 11.5 Å². The molecule has 4 rings (SSSR count). The van der Waals surface area contributed by atoms with Crippen LogP contribution in [0.1, 0.15) is 12.8 Å². The van der Waals surface area contributed by atoms with E-state index in [4.69, 9.17) is 11.5 Å². The number of nitrogens with two attached hydrogens (primary N) is 2. The molecule has 1 aliphatic rings. The van der Waals surface area contributed by atoms with Crippen molar-refractivity contribution in [2.75, 3.05) is 18.8 Å². The Morgan fingerprint density at radius 1 is 1.07 bits per heavy atom. The summed E-state index contributed by atoms with van der Waals surface area (Å²) in [6, 6.07) is 11.0. The van der Waals surface area contributed by atoms with Gasteiger partial charge >= 0.3 is 0 Å². The van der Waals surface area contributed by atoms with E-state index in [1.807, 2.05) is 0 Å². The molecule has 30 heavy (non-hydrogen) atoms. The number of nitrogens with zero attached hydrogens (tertiary/aromatic N) is 3. The van der Waals surface area contributed by atoms with Gasteiger partial charge in [0.15, 0.2) is 0 Å². The molecule has 1 fully saturated rings. The Kier molecular flexibility index (Phi) is 5.50. The van der Waals surface area contributed by atoms with E-state index in [1.54, 1.807) is 36.4 Å². The van der Waals surface area contributed by atoms with Gasteiger partial charge in [0.05, 0.1) is 23.0 Å². The van der Waals surface area contributed by atoms with Crippen molar-refractivity contribution >= 4 is 15.8 Å². The Morgan fingerprint density at radius 2 is 1.87 bits per heavy atom. The summed E-state index contributed by atoms with van der Waals surface area (Å²) in [5, 5.41) is 0. The summed E-state index contributed by atoms with van der Waals surface area (Å²) in [6.07, 6.45) is 4.27. The van der Waals surface area contributed by atoms with Gasteiger partial charge in [-0.15, -0.1) is 0 Å².